The number of aromatic nitrogens is 2. The lowest BCUT2D eigenvalue weighted by atomic mass is 10.1. The molecule has 0 aliphatic rings. The number of ether oxygens (including phenoxy) is 1. The highest BCUT2D eigenvalue weighted by Crippen LogP contribution is 2.27. The summed E-state index contributed by atoms with van der Waals surface area (Å²) in [5, 5.41) is 6.36. The third kappa shape index (κ3) is 4.82. The van der Waals surface area contributed by atoms with E-state index in [-0.39, 0.29) is 17.1 Å². The van der Waals surface area contributed by atoms with Gasteiger partial charge in [-0.25, -0.2) is 9.97 Å². The molecule has 1 amide bonds. The topological polar surface area (TPSA) is 76.1 Å². The first-order valence-corrected chi connectivity index (χ1v) is 7.41. The molecule has 7 heteroatoms. The first-order valence-electron chi connectivity index (χ1n) is 7.03. The van der Waals surface area contributed by atoms with Crippen LogP contribution in [0.1, 0.15) is 31.3 Å². The number of nitrogens with one attached hydrogen (secondary N) is 2. The van der Waals surface area contributed by atoms with Crippen LogP contribution >= 0.6 is 11.6 Å². The number of methoxy groups -OCH3 is 1. The summed E-state index contributed by atoms with van der Waals surface area (Å²) in [6, 6.07) is 6.61. The fourth-order valence-electron chi connectivity index (χ4n) is 1.87. The predicted octanol–water partition coefficient (Wildman–Crippen LogP) is 3.60. The van der Waals surface area contributed by atoms with Crippen LogP contribution in [0, 0.1) is 0 Å². The molecule has 1 aromatic carbocycles. The second-order valence-electron chi connectivity index (χ2n) is 5.97. The molecule has 0 aliphatic heterocycles. The summed E-state index contributed by atoms with van der Waals surface area (Å²) in [4.78, 5) is 20.4. The monoisotopic (exact) mass is 334 g/mol. The molecule has 0 saturated carbocycles. The highest BCUT2D eigenvalue weighted by Gasteiger charge is 2.14. The van der Waals surface area contributed by atoms with Crippen molar-refractivity contribution in [2.45, 2.75) is 26.3 Å². The third-order valence-corrected chi connectivity index (χ3v) is 3.11. The number of hydrogen-bond donors (Lipinski definition) is 2. The predicted molar refractivity (Wildman–Crippen MR) is 91.4 cm³/mol. The van der Waals surface area contributed by atoms with Crippen molar-refractivity contribution in [3.05, 3.63) is 41.3 Å². The van der Waals surface area contributed by atoms with Gasteiger partial charge >= 0.3 is 0 Å². The second kappa shape index (κ2) is 6.83. The van der Waals surface area contributed by atoms with Gasteiger partial charge in [-0.1, -0.05) is 11.6 Å². The maximum absolute atomic E-state index is 12.3. The largest absolute Gasteiger partial charge is 0.495 e. The maximum Gasteiger partial charge on any atom is 0.274 e. The van der Waals surface area contributed by atoms with Crippen molar-refractivity contribution in [3.8, 4) is 5.75 Å². The number of amides is 1. The van der Waals surface area contributed by atoms with Gasteiger partial charge in [-0.2, -0.15) is 0 Å². The molecule has 2 aromatic rings. The van der Waals surface area contributed by atoms with E-state index in [2.05, 4.69) is 20.6 Å². The normalized spacial score (nSPS) is 11.0. The number of benzene rings is 1. The van der Waals surface area contributed by atoms with Gasteiger partial charge in [0.15, 0.2) is 0 Å². The molecule has 0 spiro atoms. The zero-order chi connectivity index (χ0) is 17.0. The lowest BCUT2D eigenvalue weighted by Crippen LogP contribution is -2.27. The van der Waals surface area contributed by atoms with Gasteiger partial charge < -0.3 is 15.4 Å². The molecule has 2 rings (SSSR count). The first kappa shape index (κ1) is 17.0. The summed E-state index contributed by atoms with van der Waals surface area (Å²) >= 11 is 6.04. The molecule has 6 nitrogen and oxygen atoms in total. The Morgan fingerprint density at radius 2 is 1.96 bits per heavy atom. The average Bonchev–Trinajstić information content (AvgIpc) is 2.46. The standard InChI is InChI=1S/C16H19ClN4O2/c1-16(2,3)21-14-8-12(18-9-19-14)15(22)20-10-5-6-13(23-4)11(17)7-10/h5-9H,1-4H3,(H,20,22)(H,18,19,21). The van der Waals surface area contributed by atoms with E-state index < -0.39 is 0 Å². The zero-order valence-corrected chi connectivity index (χ0v) is 14.2. The molecular formula is C16H19ClN4O2. The molecule has 23 heavy (non-hydrogen) atoms. The van der Waals surface area contributed by atoms with Gasteiger partial charge in [0.2, 0.25) is 0 Å². The number of hydrogen-bond acceptors (Lipinski definition) is 5. The molecular weight excluding hydrogens is 316 g/mol. The van der Waals surface area contributed by atoms with Crippen LogP contribution in [0.25, 0.3) is 0 Å². The van der Waals surface area contributed by atoms with Crippen molar-refractivity contribution >= 4 is 29.0 Å². The number of anilines is 2. The van der Waals surface area contributed by atoms with Crippen LogP contribution < -0.4 is 15.4 Å². The zero-order valence-electron chi connectivity index (χ0n) is 13.5. The van der Waals surface area contributed by atoms with Crippen molar-refractivity contribution in [2.75, 3.05) is 17.7 Å². The molecule has 2 N–H and O–H groups in total. The smallest absolute Gasteiger partial charge is 0.274 e. The summed E-state index contributed by atoms with van der Waals surface area (Å²) in [6.45, 7) is 6.02. The maximum atomic E-state index is 12.3. The van der Waals surface area contributed by atoms with E-state index in [0.29, 0.717) is 22.3 Å². The fraction of sp³-hybridized carbons (Fsp3) is 0.312. The highest BCUT2D eigenvalue weighted by atomic mass is 35.5. The lowest BCUT2D eigenvalue weighted by Gasteiger charge is -2.21. The van der Waals surface area contributed by atoms with E-state index in [0.717, 1.165) is 0 Å². The van der Waals surface area contributed by atoms with E-state index in [1.807, 2.05) is 20.8 Å². The third-order valence-electron chi connectivity index (χ3n) is 2.81. The van der Waals surface area contributed by atoms with Crippen LogP contribution in [0.15, 0.2) is 30.6 Å². The van der Waals surface area contributed by atoms with Gasteiger partial charge in [0.25, 0.3) is 5.91 Å². The Bertz CT molecular complexity index is 713. The SMILES string of the molecule is COc1ccc(NC(=O)c2cc(NC(C)(C)C)ncn2)cc1Cl. The molecule has 0 fully saturated rings. The first-order chi connectivity index (χ1) is 10.8. The van der Waals surface area contributed by atoms with Crippen LogP contribution in [0.3, 0.4) is 0 Å². The van der Waals surface area contributed by atoms with Gasteiger partial charge in [-0.05, 0) is 39.0 Å². The summed E-state index contributed by atoms with van der Waals surface area (Å²) in [7, 11) is 1.53. The fourth-order valence-corrected chi connectivity index (χ4v) is 2.13. The van der Waals surface area contributed by atoms with Crippen molar-refractivity contribution in [2.24, 2.45) is 0 Å². The Labute approximate surface area is 140 Å². The second-order valence-corrected chi connectivity index (χ2v) is 6.37. The van der Waals surface area contributed by atoms with Crippen LogP contribution in [-0.4, -0.2) is 28.5 Å². The number of carbonyl (C=O) groups excluding carboxylic acids is 1. The molecule has 122 valence electrons. The Morgan fingerprint density at radius 3 is 2.57 bits per heavy atom. The van der Waals surface area contributed by atoms with Crippen LogP contribution in [0.2, 0.25) is 5.02 Å². The molecule has 1 aromatic heterocycles. The summed E-state index contributed by atoms with van der Waals surface area (Å²) in [5.74, 6) is 0.791. The lowest BCUT2D eigenvalue weighted by molar-refractivity contribution is 0.102. The molecule has 0 atom stereocenters. The van der Waals surface area contributed by atoms with Gasteiger partial charge in [0.1, 0.15) is 23.6 Å². The van der Waals surface area contributed by atoms with E-state index in [4.69, 9.17) is 16.3 Å². The number of nitrogens with zero attached hydrogens (tertiary/aromatic N) is 2. The van der Waals surface area contributed by atoms with E-state index in [9.17, 15) is 4.79 Å². The Hall–Kier alpha value is -2.34. The highest BCUT2D eigenvalue weighted by molar-refractivity contribution is 6.32. The van der Waals surface area contributed by atoms with Crippen LogP contribution in [0.4, 0.5) is 11.5 Å². The van der Waals surface area contributed by atoms with Crippen molar-refractivity contribution in [1.82, 2.24) is 9.97 Å². The van der Waals surface area contributed by atoms with Gasteiger partial charge in [-0.3, -0.25) is 4.79 Å². The summed E-state index contributed by atoms with van der Waals surface area (Å²) < 4.78 is 5.08. The van der Waals surface area contributed by atoms with Gasteiger partial charge in [0.05, 0.1) is 12.1 Å². The van der Waals surface area contributed by atoms with Crippen LogP contribution in [0.5, 0.6) is 5.75 Å². The van der Waals surface area contributed by atoms with Crippen molar-refractivity contribution in [1.29, 1.82) is 0 Å². The minimum Gasteiger partial charge on any atom is -0.495 e. The molecule has 0 radical (unpaired) electrons. The number of rotatable bonds is 4. The number of carbonyl (C=O) groups is 1. The van der Waals surface area contributed by atoms with Crippen LogP contribution in [-0.2, 0) is 0 Å². The minimum absolute atomic E-state index is 0.161. The van der Waals surface area contributed by atoms with Gasteiger partial charge in [0, 0.05) is 17.3 Å². The molecule has 0 unspecified atom stereocenters. The average molecular weight is 335 g/mol. The molecule has 0 aliphatic carbocycles. The Balaban J connectivity index is 2.14. The van der Waals surface area contributed by atoms with Gasteiger partial charge in [-0.15, -0.1) is 0 Å². The van der Waals surface area contributed by atoms with Crippen molar-refractivity contribution in [3.63, 3.8) is 0 Å². The minimum atomic E-state index is -0.342. The summed E-state index contributed by atoms with van der Waals surface area (Å²) in [5.41, 5.74) is 0.662. The Morgan fingerprint density at radius 1 is 1.22 bits per heavy atom. The molecule has 1 heterocycles. The van der Waals surface area contributed by atoms with Crippen molar-refractivity contribution < 1.29 is 9.53 Å². The van der Waals surface area contributed by atoms with E-state index in [1.54, 1.807) is 24.3 Å². The molecule has 0 saturated heterocycles. The quantitative estimate of drug-likeness (QED) is 0.893. The summed E-state index contributed by atoms with van der Waals surface area (Å²) in [6.07, 6.45) is 1.35. The number of halogens is 1. The van der Waals surface area contributed by atoms with E-state index in [1.165, 1.54) is 13.4 Å². The van der Waals surface area contributed by atoms with E-state index >= 15 is 0 Å². The molecule has 0 bridgehead atoms. The Kier molecular flexibility index (Phi) is 5.05.